The smallest absolute Gasteiger partial charge is 0.224 e. The Morgan fingerprint density at radius 2 is 1.84 bits per heavy atom. The summed E-state index contributed by atoms with van der Waals surface area (Å²) < 4.78 is 0. The fraction of sp³-hybridized carbons (Fsp3) is 0.933. The molecule has 0 bridgehead atoms. The molecule has 2 atom stereocenters. The summed E-state index contributed by atoms with van der Waals surface area (Å²) in [5, 5.41) is 3.16. The monoisotopic (exact) mass is 267 g/mol. The summed E-state index contributed by atoms with van der Waals surface area (Å²) in [5.41, 5.74) is 6.14. The number of hydrogen-bond acceptors (Lipinski definition) is 3. The van der Waals surface area contributed by atoms with E-state index in [1.807, 2.05) is 0 Å². The summed E-state index contributed by atoms with van der Waals surface area (Å²) in [7, 11) is 2.17. The zero-order chi connectivity index (χ0) is 13.7. The molecule has 2 rings (SSSR count). The van der Waals surface area contributed by atoms with Crippen LogP contribution in [0.25, 0.3) is 0 Å². The van der Waals surface area contributed by atoms with Crippen LogP contribution in [0.1, 0.15) is 44.9 Å². The molecule has 0 aromatic rings. The molecule has 2 aliphatic rings. The first-order chi connectivity index (χ1) is 9.16. The van der Waals surface area contributed by atoms with Gasteiger partial charge in [-0.1, -0.05) is 19.3 Å². The van der Waals surface area contributed by atoms with E-state index in [0.717, 1.165) is 38.9 Å². The van der Waals surface area contributed by atoms with Gasteiger partial charge in [-0.15, -0.1) is 0 Å². The lowest BCUT2D eigenvalue weighted by Gasteiger charge is -2.29. The van der Waals surface area contributed by atoms with E-state index in [4.69, 9.17) is 5.73 Å². The van der Waals surface area contributed by atoms with E-state index in [-0.39, 0.29) is 17.9 Å². The molecular formula is C15H29N3O. The number of piperidine rings is 1. The van der Waals surface area contributed by atoms with Gasteiger partial charge in [0.25, 0.3) is 0 Å². The van der Waals surface area contributed by atoms with Crippen molar-refractivity contribution in [3.63, 3.8) is 0 Å². The molecule has 1 saturated carbocycles. The maximum Gasteiger partial charge on any atom is 0.224 e. The average Bonchev–Trinajstić information content (AvgIpc) is 2.62. The fourth-order valence-corrected chi connectivity index (χ4v) is 3.30. The van der Waals surface area contributed by atoms with Crippen LogP contribution in [0, 0.1) is 11.8 Å². The van der Waals surface area contributed by atoms with Crippen LogP contribution >= 0.6 is 0 Å². The molecule has 0 radical (unpaired) electrons. The van der Waals surface area contributed by atoms with Crippen LogP contribution in [0.5, 0.6) is 0 Å². The van der Waals surface area contributed by atoms with Gasteiger partial charge in [0.1, 0.15) is 0 Å². The summed E-state index contributed by atoms with van der Waals surface area (Å²) in [6, 6.07) is 0.0694. The lowest BCUT2D eigenvalue weighted by atomic mass is 9.93. The fourth-order valence-electron chi connectivity index (χ4n) is 3.30. The van der Waals surface area contributed by atoms with E-state index in [0.29, 0.717) is 5.92 Å². The number of nitrogens with two attached hydrogens (primary N) is 1. The maximum absolute atomic E-state index is 12.3. The Labute approximate surface area is 117 Å². The lowest BCUT2D eigenvalue weighted by molar-refractivity contribution is -0.126. The highest BCUT2D eigenvalue weighted by molar-refractivity contribution is 5.79. The normalized spacial score (nSPS) is 30.8. The molecule has 4 nitrogen and oxygen atoms in total. The third-order valence-corrected chi connectivity index (χ3v) is 4.81. The molecule has 1 heterocycles. The number of amides is 1. The van der Waals surface area contributed by atoms with E-state index < -0.39 is 0 Å². The molecular weight excluding hydrogens is 238 g/mol. The largest absolute Gasteiger partial charge is 0.356 e. The molecule has 1 aliphatic heterocycles. The van der Waals surface area contributed by atoms with Gasteiger partial charge in [0.2, 0.25) is 5.91 Å². The average molecular weight is 267 g/mol. The van der Waals surface area contributed by atoms with Crippen molar-refractivity contribution in [2.75, 3.05) is 26.7 Å². The van der Waals surface area contributed by atoms with Gasteiger partial charge in [0.05, 0.1) is 5.92 Å². The molecule has 1 saturated heterocycles. The number of rotatable bonds is 3. The molecule has 1 aliphatic carbocycles. The molecule has 0 spiro atoms. The minimum atomic E-state index is 0.0498. The standard InChI is InChI=1S/C15H29N3O/c1-18-9-7-12(8-10-18)11-17-15(19)13-5-3-2-4-6-14(13)16/h12-14H,2-11,16H2,1H3,(H,17,19). The predicted octanol–water partition coefficient (Wildman–Crippen LogP) is 1.35. The Hall–Kier alpha value is -0.610. The molecule has 4 heteroatoms. The van der Waals surface area contributed by atoms with Gasteiger partial charge in [0.15, 0.2) is 0 Å². The van der Waals surface area contributed by atoms with Crippen molar-refractivity contribution in [3.05, 3.63) is 0 Å². The van der Waals surface area contributed by atoms with Crippen molar-refractivity contribution in [1.29, 1.82) is 0 Å². The van der Waals surface area contributed by atoms with Gasteiger partial charge in [0, 0.05) is 12.6 Å². The number of carbonyl (C=O) groups is 1. The van der Waals surface area contributed by atoms with Gasteiger partial charge in [-0.05, 0) is 51.7 Å². The van der Waals surface area contributed by atoms with E-state index in [9.17, 15) is 4.79 Å². The Kier molecular flexibility index (Phi) is 5.64. The van der Waals surface area contributed by atoms with Crippen LogP contribution in [-0.2, 0) is 4.79 Å². The summed E-state index contributed by atoms with van der Waals surface area (Å²) in [6.07, 6.45) is 7.94. The second-order valence-corrected chi connectivity index (χ2v) is 6.40. The number of likely N-dealkylation sites (tertiary alicyclic amines) is 1. The highest BCUT2D eigenvalue weighted by Gasteiger charge is 2.27. The second kappa shape index (κ2) is 7.25. The van der Waals surface area contributed by atoms with Gasteiger partial charge in [-0.2, -0.15) is 0 Å². The van der Waals surface area contributed by atoms with Gasteiger partial charge >= 0.3 is 0 Å². The van der Waals surface area contributed by atoms with Crippen molar-refractivity contribution < 1.29 is 4.79 Å². The third-order valence-electron chi connectivity index (χ3n) is 4.81. The Morgan fingerprint density at radius 1 is 1.16 bits per heavy atom. The molecule has 110 valence electrons. The number of carbonyl (C=O) groups excluding carboxylic acids is 1. The first kappa shape index (κ1) is 14.8. The summed E-state index contributed by atoms with van der Waals surface area (Å²) >= 11 is 0. The van der Waals surface area contributed by atoms with E-state index >= 15 is 0 Å². The summed E-state index contributed by atoms with van der Waals surface area (Å²) in [4.78, 5) is 14.6. The first-order valence-corrected chi connectivity index (χ1v) is 7.88. The number of nitrogens with zero attached hydrogens (tertiary/aromatic N) is 1. The van der Waals surface area contributed by atoms with Crippen LogP contribution in [-0.4, -0.2) is 43.5 Å². The second-order valence-electron chi connectivity index (χ2n) is 6.40. The summed E-state index contributed by atoms with van der Waals surface area (Å²) in [5.74, 6) is 0.907. The van der Waals surface area contributed by atoms with E-state index in [2.05, 4.69) is 17.3 Å². The van der Waals surface area contributed by atoms with Gasteiger partial charge in [-0.3, -0.25) is 4.79 Å². The molecule has 3 N–H and O–H groups in total. The molecule has 2 fully saturated rings. The zero-order valence-corrected chi connectivity index (χ0v) is 12.2. The van der Waals surface area contributed by atoms with Crippen molar-refractivity contribution in [2.24, 2.45) is 17.6 Å². The van der Waals surface area contributed by atoms with Crippen molar-refractivity contribution in [1.82, 2.24) is 10.2 Å². The number of nitrogens with one attached hydrogen (secondary N) is 1. The molecule has 0 aromatic carbocycles. The molecule has 1 amide bonds. The summed E-state index contributed by atoms with van der Waals surface area (Å²) in [6.45, 7) is 3.16. The maximum atomic E-state index is 12.3. The van der Waals surface area contributed by atoms with Crippen LogP contribution in [0.2, 0.25) is 0 Å². The lowest BCUT2D eigenvalue weighted by Crippen LogP contribution is -2.44. The van der Waals surface area contributed by atoms with Crippen molar-refractivity contribution in [3.8, 4) is 0 Å². The highest BCUT2D eigenvalue weighted by Crippen LogP contribution is 2.22. The van der Waals surface area contributed by atoms with Crippen LogP contribution in [0.4, 0.5) is 0 Å². The Bertz CT molecular complexity index is 287. The topological polar surface area (TPSA) is 58.4 Å². The van der Waals surface area contributed by atoms with E-state index in [1.165, 1.54) is 25.7 Å². The SMILES string of the molecule is CN1CCC(CNC(=O)C2CCCCCC2N)CC1. The number of hydrogen-bond donors (Lipinski definition) is 2. The van der Waals surface area contributed by atoms with Crippen molar-refractivity contribution >= 4 is 5.91 Å². The molecule has 0 aromatic heterocycles. The van der Waals surface area contributed by atoms with Crippen LogP contribution in [0.15, 0.2) is 0 Å². The van der Waals surface area contributed by atoms with Crippen molar-refractivity contribution in [2.45, 2.75) is 51.0 Å². The van der Waals surface area contributed by atoms with Crippen LogP contribution < -0.4 is 11.1 Å². The van der Waals surface area contributed by atoms with Gasteiger partial charge in [-0.25, -0.2) is 0 Å². The third kappa shape index (κ3) is 4.46. The Morgan fingerprint density at radius 3 is 2.58 bits per heavy atom. The van der Waals surface area contributed by atoms with Crippen LogP contribution in [0.3, 0.4) is 0 Å². The minimum Gasteiger partial charge on any atom is -0.356 e. The van der Waals surface area contributed by atoms with Gasteiger partial charge < -0.3 is 16.0 Å². The molecule has 19 heavy (non-hydrogen) atoms. The Balaban J connectivity index is 1.73. The van der Waals surface area contributed by atoms with E-state index in [1.54, 1.807) is 0 Å². The minimum absolute atomic E-state index is 0.0498. The molecule has 2 unspecified atom stereocenters. The highest BCUT2D eigenvalue weighted by atomic mass is 16.1. The first-order valence-electron chi connectivity index (χ1n) is 7.88. The predicted molar refractivity (Wildman–Crippen MR) is 77.8 cm³/mol. The quantitative estimate of drug-likeness (QED) is 0.759. The zero-order valence-electron chi connectivity index (χ0n) is 12.2.